The summed E-state index contributed by atoms with van der Waals surface area (Å²) in [5, 5.41) is 1.43. The number of carbonyl (C=O) groups is 1. The zero-order valence-corrected chi connectivity index (χ0v) is 16.0. The number of hydrogen-bond donors (Lipinski definition) is 0. The van der Waals surface area contributed by atoms with E-state index in [1.165, 1.54) is 37.3 Å². The maximum absolute atomic E-state index is 12.9. The van der Waals surface area contributed by atoms with Gasteiger partial charge in [0, 0.05) is 12.0 Å². The molecule has 1 aromatic carbocycles. The van der Waals surface area contributed by atoms with E-state index < -0.39 is 8.07 Å². The molecule has 0 aliphatic rings. The number of rotatable bonds is 11. The van der Waals surface area contributed by atoms with Gasteiger partial charge in [-0.1, -0.05) is 94.6 Å². The Hall–Kier alpha value is -0.893. The van der Waals surface area contributed by atoms with Crippen LogP contribution in [0.25, 0.3) is 0 Å². The van der Waals surface area contributed by atoms with E-state index in [4.69, 9.17) is 0 Å². The molecule has 0 aliphatic carbocycles. The van der Waals surface area contributed by atoms with Gasteiger partial charge in [0.1, 0.15) is 5.78 Å². The molecule has 2 heteroatoms. The molecule has 1 aromatic rings. The highest BCUT2D eigenvalue weighted by Crippen LogP contribution is 2.30. The average Bonchev–Trinajstić information content (AvgIpc) is 2.52. The molecule has 0 aromatic heterocycles. The molecule has 0 saturated heterocycles. The van der Waals surface area contributed by atoms with Crippen molar-refractivity contribution in [2.45, 2.75) is 83.8 Å². The van der Waals surface area contributed by atoms with Gasteiger partial charge in [0.25, 0.3) is 0 Å². The molecule has 0 spiro atoms. The minimum Gasteiger partial charge on any atom is -0.300 e. The van der Waals surface area contributed by atoms with Gasteiger partial charge >= 0.3 is 0 Å². The van der Waals surface area contributed by atoms with Crippen LogP contribution >= 0.6 is 0 Å². The van der Waals surface area contributed by atoms with Crippen molar-refractivity contribution < 1.29 is 4.79 Å². The maximum Gasteiger partial charge on any atom is 0.133 e. The second-order valence-corrected chi connectivity index (χ2v) is 11.8. The molecule has 1 rings (SSSR count). The molecular weight excluding hydrogens is 284 g/mol. The minimum atomic E-state index is -1.73. The Bertz CT molecular complexity index is 425. The Labute approximate surface area is 138 Å². The normalized spacial score (nSPS) is 13.1. The van der Waals surface area contributed by atoms with Gasteiger partial charge in [-0.05, 0) is 12.8 Å². The van der Waals surface area contributed by atoms with Crippen molar-refractivity contribution in [1.82, 2.24) is 0 Å². The first-order chi connectivity index (χ1) is 10.5. The van der Waals surface area contributed by atoms with Gasteiger partial charge in [-0.3, -0.25) is 4.79 Å². The van der Waals surface area contributed by atoms with E-state index in [0.717, 1.165) is 19.3 Å². The van der Waals surface area contributed by atoms with Gasteiger partial charge in [-0.2, -0.15) is 0 Å². The number of Topliss-reactive ketones (excluding diaryl/α,β-unsaturated/α-hetero) is 1. The molecule has 1 atom stereocenters. The predicted octanol–water partition coefficient (Wildman–Crippen LogP) is 5.70. The van der Waals surface area contributed by atoms with Crippen LogP contribution in [-0.4, -0.2) is 13.9 Å². The molecule has 124 valence electrons. The Morgan fingerprint density at radius 2 is 1.55 bits per heavy atom. The number of hydrogen-bond acceptors (Lipinski definition) is 1. The van der Waals surface area contributed by atoms with Crippen molar-refractivity contribution in [1.29, 1.82) is 0 Å². The minimum absolute atomic E-state index is 0.290. The summed E-state index contributed by atoms with van der Waals surface area (Å²) in [5.41, 5.74) is 0.290. The van der Waals surface area contributed by atoms with Gasteiger partial charge in [0.05, 0.1) is 8.07 Å². The summed E-state index contributed by atoms with van der Waals surface area (Å²) in [7, 11) is -1.73. The van der Waals surface area contributed by atoms with E-state index >= 15 is 0 Å². The van der Waals surface area contributed by atoms with Crippen LogP contribution in [0.15, 0.2) is 30.3 Å². The Morgan fingerprint density at radius 3 is 2.14 bits per heavy atom. The van der Waals surface area contributed by atoms with Crippen LogP contribution in [0.5, 0.6) is 0 Å². The summed E-state index contributed by atoms with van der Waals surface area (Å²) in [6.45, 7) is 9.21. The summed E-state index contributed by atoms with van der Waals surface area (Å²) in [5.74, 6) is 0.532. The predicted molar refractivity (Wildman–Crippen MR) is 101 cm³/mol. The molecule has 0 aliphatic heterocycles. The fraction of sp³-hybridized carbons (Fsp3) is 0.650. The Morgan fingerprint density at radius 1 is 0.955 bits per heavy atom. The Kier molecular flexibility index (Phi) is 8.70. The van der Waals surface area contributed by atoms with Crippen LogP contribution in [0, 0.1) is 0 Å². The largest absolute Gasteiger partial charge is 0.300 e. The lowest BCUT2D eigenvalue weighted by Gasteiger charge is -2.32. The maximum atomic E-state index is 12.9. The number of carbonyl (C=O) groups excluding carboxylic acids is 1. The van der Waals surface area contributed by atoms with Crippen molar-refractivity contribution >= 4 is 19.0 Å². The number of unbranched alkanes of at least 4 members (excludes halogenated alkanes) is 4. The topological polar surface area (TPSA) is 17.1 Å². The van der Waals surface area contributed by atoms with Gasteiger partial charge in [0.2, 0.25) is 0 Å². The van der Waals surface area contributed by atoms with Crippen LogP contribution in [-0.2, 0) is 4.79 Å². The first-order valence-electron chi connectivity index (χ1n) is 9.12. The zero-order valence-electron chi connectivity index (χ0n) is 15.0. The van der Waals surface area contributed by atoms with E-state index in [1.807, 2.05) is 0 Å². The standard InChI is InChI=1S/C20H34OSi/c1-5-7-10-16-19(21)20(17-11-8-6-2)22(3,4)18-14-12-9-13-15-18/h9,12-15,20H,5-8,10-11,16-17H2,1-4H3. The van der Waals surface area contributed by atoms with Gasteiger partial charge in [-0.15, -0.1) is 0 Å². The smallest absolute Gasteiger partial charge is 0.133 e. The van der Waals surface area contributed by atoms with Crippen molar-refractivity contribution in [3.63, 3.8) is 0 Å². The molecule has 0 N–H and O–H groups in total. The summed E-state index contributed by atoms with van der Waals surface area (Å²) in [6, 6.07) is 10.8. The second-order valence-electron chi connectivity index (χ2n) is 7.06. The van der Waals surface area contributed by atoms with E-state index in [9.17, 15) is 4.79 Å². The van der Waals surface area contributed by atoms with Crippen LogP contribution in [0.4, 0.5) is 0 Å². The molecule has 1 nitrogen and oxygen atoms in total. The van der Waals surface area contributed by atoms with Crippen molar-refractivity contribution in [3.05, 3.63) is 30.3 Å². The van der Waals surface area contributed by atoms with E-state index in [-0.39, 0.29) is 0 Å². The number of benzene rings is 1. The summed E-state index contributed by atoms with van der Waals surface area (Å²) < 4.78 is 0. The number of ketones is 1. The second kappa shape index (κ2) is 9.99. The molecule has 0 heterocycles. The molecular formula is C20H34OSi. The van der Waals surface area contributed by atoms with Crippen molar-refractivity contribution in [3.8, 4) is 0 Å². The highest BCUT2D eigenvalue weighted by molar-refractivity contribution is 6.93. The average molecular weight is 319 g/mol. The molecule has 1 unspecified atom stereocenters. The van der Waals surface area contributed by atoms with Crippen molar-refractivity contribution in [2.75, 3.05) is 0 Å². The fourth-order valence-electron chi connectivity index (χ4n) is 3.32. The fourth-order valence-corrected chi connectivity index (χ4v) is 6.64. The first-order valence-corrected chi connectivity index (χ1v) is 12.2. The van der Waals surface area contributed by atoms with Crippen molar-refractivity contribution in [2.24, 2.45) is 0 Å². The molecule has 0 amide bonds. The molecule has 0 saturated carbocycles. The molecule has 0 radical (unpaired) electrons. The van der Waals surface area contributed by atoms with Crippen LogP contribution < -0.4 is 5.19 Å². The molecule has 0 bridgehead atoms. The first kappa shape index (κ1) is 19.2. The lowest BCUT2D eigenvalue weighted by atomic mass is 10.0. The Balaban J connectivity index is 2.85. The highest BCUT2D eigenvalue weighted by atomic mass is 28.3. The lowest BCUT2D eigenvalue weighted by Crippen LogP contribution is -2.48. The van der Waals surface area contributed by atoms with Crippen LogP contribution in [0.3, 0.4) is 0 Å². The SMILES string of the molecule is CCCCCC(=O)C(CCCCC)[Si](C)(C)c1ccccc1. The van der Waals surface area contributed by atoms with Gasteiger partial charge < -0.3 is 0 Å². The third kappa shape index (κ3) is 5.72. The summed E-state index contributed by atoms with van der Waals surface area (Å²) in [4.78, 5) is 12.9. The van der Waals surface area contributed by atoms with Crippen LogP contribution in [0.2, 0.25) is 18.6 Å². The molecule has 22 heavy (non-hydrogen) atoms. The quantitative estimate of drug-likeness (QED) is 0.378. The molecule has 0 fully saturated rings. The lowest BCUT2D eigenvalue weighted by molar-refractivity contribution is -0.119. The van der Waals surface area contributed by atoms with E-state index in [1.54, 1.807) is 0 Å². The van der Waals surface area contributed by atoms with Gasteiger partial charge in [-0.25, -0.2) is 0 Å². The third-order valence-corrected chi connectivity index (χ3v) is 9.08. The van der Waals surface area contributed by atoms with E-state index in [0.29, 0.717) is 11.3 Å². The van der Waals surface area contributed by atoms with Crippen LogP contribution in [0.1, 0.15) is 65.2 Å². The zero-order chi connectivity index (χ0) is 16.4. The van der Waals surface area contributed by atoms with Gasteiger partial charge in [0.15, 0.2) is 0 Å². The third-order valence-electron chi connectivity index (χ3n) is 4.90. The summed E-state index contributed by atoms with van der Waals surface area (Å²) >= 11 is 0. The monoisotopic (exact) mass is 318 g/mol. The van der Waals surface area contributed by atoms with E-state index in [2.05, 4.69) is 57.3 Å². The summed E-state index contributed by atoms with van der Waals surface area (Å²) in [6.07, 6.45) is 8.99. The highest BCUT2D eigenvalue weighted by Gasteiger charge is 2.37.